The number of rotatable bonds is 4. The highest BCUT2D eigenvalue weighted by Gasteiger charge is 2.27. The van der Waals surface area contributed by atoms with E-state index in [2.05, 4.69) is 20.8 Å². The molecule has 7 nitrogen and oxygen atoms in total. The maximum Gasteiger partial charge on any atom is 0.320 e. The molecule has 0 aromatic carbocycles. The topological polar surface area (TPSA) is 104 Å². The number of aromatic nitrogens is 2. The molecule has 0 unspecified atom stereocenters. The van der Waals surface area contributed by atoms with Gasteiger partial charge in [0.25, 0.3) is 0 Å². The summed E-state index contributed by atoms with van der Waals surface area (Å²) in [5.41, 5.74) is 0.984. The molecule has 2 aliphatic rings. The lowest BCUT2D eigenvalue weighted by atomic mass is 9.86. The molecule has 0 saturated heterocycles. The molecule has 2 amide bonds. The summed E-state index contributed by atoms with van der Waals surface area (Å²) in [6, 6.07) is 3.38. The van der Waals surface area contributed by atoms with Gasteiger partial charge in [0.2, 0.25) is 0 Å². The fourth-order valence-electron chi connectivity index (χ4n) is 2.83. The van der Waals surface area contributed by atoms with Gasteiger partial charge in [0.05, 0.1) is 11.6 Å². The van der Waals surface area contributed by atoms with Gasteiger partial charge < -0.3 is 10.4 Å². The Hall–Kier alpha value is -2.18. The molecular formula is C15H20N4O3. The Balaban J connectivity index is 1.45. The van der Waals surface area contributed by atoms with E-state index in [0.29, 0.717) is 37.4 Å². The van der Waals surface area contributed by atoms with Gasteiger partial charge in [-0.2, -0.15) is 5.10 Å². The average molecular weight is 304 g/mol. The van der Waals surface area contributed by atoms with Crippen molar-refractivity contribution in [3.8, 4) is 0 Å². The van der Waals surface area contributed by atoms with Crippen LogP contribution >= 0.6 is 0 Å². The van der Waals surface area contributed by atoms with Gasteiger partial charge in [-0.3, -0.25) is 10.1 Å². The number of anilines is 1. The number of nitrogens with one attached hydrogen (secondary N) is 2. The summed E-state index contributed by atoms with van der Waals surface area (Å²) in [6.45, 7) is 0. The van der Waals surface area contributed by atoms with Gasteiger partial charge in [-0.1, -0.05) is 0 Å². The van der Waals surface area contributed by atoms with Crippen molar-refractivity contribution in [1.29, 1.82) is 0 Å². The van der Waals surface area contributed by atoms with Crippen molar-refractivity contribution in [1.82, 2.24) is 15.5 Å². The average Bonchev–Trinajstić information content (AvgIpc) is 3.33. The van der Waals surface area contributed by atoms with E-state index in [1.165, 1.54) is 12.8 Å². The molecule has 22 heavy (non-hydrogen) atoms. The number of carbonyl (C=O) groups is 2. The van der Waals surface area contributed by atoms with Crippen molar-refractivity contribution in [2.75, 3.05) is 5.32 Å². The van der Waals surface area contributed by atoms with Crippen LogP contribution in [0.1, 0.15) is 50.1 Å². The number of carbonyl (C=O) groups excluding carboxylic acids is 1. The Morgan fingerprint density at radius 1 is 1.05 bits per heavy atom. The number of aliphatic carboxylic acids is 1. The lowest BCUT2D eigenvalue weighted by Crippen LogP contribution is -2.41. The first-order chi connectivity index (χ1) is 10.6. The predicted molar refractivity (Wildman–Crippen MR) is 79.5 cm³/mol. The van der Waals surface area contributed by atoms with Crippen LogP contribution in [0.15, 0.2) is 12.1 Å². The maximum absolute atomic E-state index is 11.9. The highest BCUT2D eigenvalue weighted by Crippen LogP contribution is 2.38. The molecule has 118 valence electrons. The van der Waals surface area contributed by atoms with E-state index in [9.17, 15) is 9.59 Å². The minimum atomic E-state index is -0.742. The van der Waals surface area contributed by atoms with E-state index in [0.717, 1.165) is 5.69 Å². The van der Waals surface area contributed by atoms with Gasteiger partial charge >= 0.3 is 12.0 Å². The molecular weight excluding hydrogens is 284 g/mol. The van der Waals surface area contributed by atoms with Gasteiger partial charge in [-0.25, -0.2) is 4.79 Å². The number of hydrogen-bond acceptors (Lipinski definition) is 4. The summed E-state index contributed by atoms with van der Waals surface area (Å²) >= 11 is 0. The molecule has 1 aromatic rings. The van der Waals surface area contributed by atoms with Crippen LogP contribution in [0.4, 0.5) is 10.6 Å². The van der Waals surface area contributed by atoms with E-state index in [-0.39, 0.29) is 18.0 Å². The molecule has 0 bridgehead atoms. The van der Waals surface area contributed by atoms with Gasteiger partial charge in [-0.15, -0.1) is 5.10 Å². The van der Waals surface area contributed by atoms with Crippen LogP contribution in [0.25, 0.3) is 0 Å². The van der Waals surface area contributed by atoms with Crippen LogP contribution in [0.2, 0.25) is 0 Å². The standard InChI is InChI=1S/C15H20N4O3/c20-14(21)10-3-5-11(6-4-10)16-15(22)17-13-8-7-12(18-19-13)9-1-2-9/h7-11H,1-6H2,(H,20,21)(H2,16,17,19,22). The second kappa shape index (κ2) is 6.29. The molecule has 1 heterocycles. The van der Waals surface area contributed by atoms with Crippen LogP contribution in [-0.4, -0.2) is 33.3 Å². The first-order valence-corrected chi connectivity index (χ1v) is 7.76. The Morgan fingerprint density at radius 2 is 1.77 bits per heavy atom. The van der Waals surface area contributed by atoms with E-state index in [4.69, 9.17) is 5.11 Å². The highest BCUT2D eigenvalue weighted by molar-refractivity contribution is 5.88. The molecule has 7 heteroatoms. The van der Waals surface area contributed by atoms with Crippen molar-refractivity contribution in [2.45, 2.75) is 50.5 Å². The van der Waals surface area contributed by atoms with Gasteiger partial charge in [0.1, 0.15) is 0 Å². The molecule has 2 saturated carbocycles. The molecule has 0 spiro atoms. The quantitative estimate of drug-likeness (QED) is 0.790. The number of carboxylic acid groups (broad SMARTS) is 1. The van der Waals surface area contributed by atoms with E-state index >= 15 is 0 Å². The fraction of sp³-hybridized carbons (Fsp3) is 0.600. The lowest BCUT2D eigenvalue weighted by Gasteiger charge is -2.26. The molecule has 2 fully saturated rings. The van der Waals surface area contributed by atoms with Crippen LogP contribution in [0.3, 0.4) is 0 Å². The second-order valence-corrected chi connectivity index (χ2v) is 6.10. The summed E-state index contributed by atoms with van der Waals surface area (Å²) < 4.78 is 0. The number of carboxylic acids is 1. The number of hydrogen-bond donors (Lipinski definition) is 3. The molecule has 0 atom stereocenters. The van der Waals surface area contributed by atoms with E-state index < -0.39 is 5.97 Å². The van der Waals surface area contributed by atoms with Crippen LogP contribution in [-0.2, 0) is 4.79 Å². The summed E-state index contributed by atoms with van der Waals surface area (Å²) in [6.07, 6.45) is 4.93. The zero-order valence-corrected chi connectivity index (χ0v) is 12.3. The maximum atomic E-state index is 11.9. The van der Waals surface area contributed by atoms with Crippen molar-refractivity contribution in [3.63, 3.8) is 0 Å². The zero-order chi connectivity index (χ0) is 15.5. The van der Waals surface area contributed by atoms with Crippen molar-refractivity contribution in [3.05, 3.63) is 17.8 Å². The lowest BCUT2D eigenvalue weighted by molar-refractivity contribution is -0.142. The van der Waals surface area contributed by atoms with Gasteiger partial charge in [0, 0.05) is 12.0 Å². The number of urea groups is 1. The summed E-state index contributed by atoms with van der Waals surface area (Å²) in [5, 5.41) is 22.6. The van der Waals surface area contributed by atoms with E-state index in [1.54, 1.807) is 6.07 Å². The van der Waals surface area contributed by atoms with Gasteiger partial charge in [-0.05, 0) is 50.7 Å². The van der Waals surface area contributed by atoms with Crippen LogP contribution in [0.5, 0.6) is 0 Å². The van der Waals surface area contributed by atoms with Crippen molar-refractivity contribution >= 4 is 17.8 Å². The monoisotopic (exact) mass is 304 g/mol. The van der Waals surface area contributed by atoms with Gasteiger partial charge in [0.15, 0.2) is 5.82 Å². The Morgan fingerprint density at radius 3 is 2.32 bits per heavy atom. The molecule has 2 aliphatic carbocycles. The van der Waals surface area contributed by atoms with Crippen molar-refractivity contribution in [2.24, 2.45) is 5.92 Å². The minimum absolute atomic E-state index is 0.0225. The zero-order valence-electron chi connectivity index (χ0n) is 12.3. The molecule has 0 aliphatic heterocycles. The Bertz CT molecular complexity index is 548. The summed E-state index contributed by atoms with van der Waals surface area (Å²) in [4.78, 5) is 22.8. The normalized spacial score (nSPS) is 24.5. The SMILES string of the molecule is O=C(Nc1ccc(C2CC2)nn1)NC1CCC(C(=O)O)CC1. The second-order valence-electron chi connectivity index (χ2n) is 6.10. The van der Waals surface area contributed by atoms with Crippen LogP contribution < -0.4 is 10.6 Å². The van der Waals surface area contributed by atoms with Crippen LogP contribution in [0, 0.1) is 5.92 Å². The first kappa shape index (κ1) is 14.7. The third-order valence-corrected chi connectivity index (χ3v) is 4.33. The summed E-state index contributed by atoms with van der Waals surface area (Å²) in [7, 11) is 0. The first-order valence-electron chi connectivity index (χ1n) is 7.76. The third kappa shape index (κ3) is 3.72. The highest BCUT2D eigenvalue weighted by atomic mass is 16.4. The predicted octanol–water partition coefficient (Wildman–Crippen LogP) is 2.12. The number of amides is 2. The third-order valence-electron chi connectivity index (χ3n) is 4.33. The van der Waals surface area contributed by atoms with Crippen molar-refractivity contribution < 1.29 is 14.7 Å². The smallest absolute Gasteiger partial charge is 0.320 e. The Kier molecular flexibility index (Phi) is 4.22. The fourth-order valence-corrected chi connectivity index (χ4v) is 2.83. The largest absolute Gasteiger partial charge is 0.481 e. The number of nitrogens with zero attached hydrogens (tertiary/aromatic N) is 2. The minimum Gasteiger partial charge on any atom is -0.481 e. The summed E-state index contributed by atoms with van der Waals surface area (Å²) in [5.74, 6) is -0.0446. The van der Waals surface area contributed by atoms with E-state index in [1.807, 2.05) is 6.07 Å². The molecule has 3 N–H and O–H groups in total. The molecule has 3 rings (SSSR count). The molecule has 1 aromatic heterocycles. The molecule has 0 radical (unpaired) electrons. The Labute approximate surface area is 128 Å².